The Morgan fingerprint density at radius 1 is 1.48 bits per heavy atom. The van der Waals surface area contributed by atoms with Gasteiger partial charge in [-0.15, -0.1) is 11.8 Å². The zero-order chi connectivity index (χ0) is 15.2. The van der Waals surface area contributed by atoms with Crippen molar-refractivity contribution in [2.45, 2.75) is 37.2 Å². The lowest BCUT2D eigenvalue weighted by molar-refractivity contribution is 0.0216. The van der Waals surface area contributed by atoms with Crippen LogP contribution in [0.5, 0.6) is 0 Å². The number of rotatable bonds is 6. The highest BCUT2D eigenvalue weighted by Crippen LogP contribution is 2.30. The Hall–Kier alpha value is -1.20. The number of nitrogen functional groups attached to an aromatic ring is 1. The molecule has 1 fully saturated rings. The SMILES string of the molecule is CCSc1cccc(N(C)CC2CCCCO2)c1C(=N)N. The van der Waals surface area contributed by atoms with Crippen LogP contribution in [0.4, 0.5) is 5.69 Å². The molecule has 0 aliphatic carbocycles. The van der Waals surface area contributed by atoms with Gasteiger partial charge in [0, 0.05) is 30.8 Å². The van der Waals surface area contributed by atoms with Crippen LogP contribution >= 0.6 is 11.8 Å². The summed E-state index contributed by atoms with van der Waals surface area (Å²) in [7, 11) is 2.06. The lowest BCUT2D eigenvalue weighted by atomic mass is 10.1. The van der Waals surface area contributed by atoms with Gasteiger partial charge in [0.05, 0.1) is 11.7 Å². The van der Waals surface area contributed by atoms with E-state index in [1.165, 1.54) is 12.8 Å². The third-order valence-electron chi connectivity index (χ3n) is 3.74. The number of nitrogens with zero attached hydrogens (tertiary/aromatic N) is 1. The van der Waals surface area contributed by atoms with E-state index in [4.69, 9.17) is 15.9 Å². The monoisotopic (exact) mass is 307 g/mol. The van der Waals surface area contributed by atoms with E-state index in [1.54, 1.807) is 11.8 Å². The van der Waals surface area contributed by atoms with Crippen LogP contribution in [0, 0.1) is 5.41 Å². The van der Waals surface area contributed by atoms with Crippen LogP contribution in [0.25, 0.3) is 0 Å². The molecule has 0 spiro atoms. The molecule has 1 unspecified atom stereocenters. The topological polar surface area (TPSA) is 62.3 Å². The lowest BCUT2D eigenvalue weighted by Crippen LogP contribution is -2.34. The Bertz CT molecular complexity index is 486. The second-order valence-electron chi connectivity index (χ2n) is 5.37. The number of amidine groups is 1. The van der Waals surface area contributed by atoms with E-state index in [0.717, 1.165) is 41.5 Å². The van der Waals surface area contributed by atoms with Gasteiger partial charge in [0.2, 0.25) is 0 Å². The molecule has 1 aromatic rings. The summed E-state index contributed by atoms with van der Waals surface area (Å²) in [5.74, 6) is 1.11. The highest BCUT2D eigenvalue weighted by molar-refractivity contribution is 7.99. The summed E-state index contributed by atoms with van der Waals surface area (Å²) >= 11 is 1.73. The van der Waals surface area contributed by atoms with Gasteiger partial charge in [-0.3, -0.25) is 5.41 Å². The van der Waals surface area contributed by atoms with Crippen LogP contribution in [0.1, 0.15) is 31.7 Å². The van der Waals surface area contributed by atoms with Gasteiger partial charge in [0.15, 0.2) is 0 Å². The fourth-order valence-corrected chi connectivity index (χ4v) is 3.58. The number of ether oxygens (including phenoxy) is 1. The Morgan fingerprint density at radius 2 is 2.29 bits per heavy atom. The Labute approximate surface area is 131 Å². The summed E-state index contributed by atoms with van der Waals surface area (Å²) in [5, 5.41) is 7.91. The molecule has 0 amide bonds. The number of thioether (sulfide) groups is 1. The lowest BCUT2D eigenvalue weighted by Gasteiger charge is -2.30. The first kappa shape index (κ1) is 16.2. The van der Waals surface area contributed by atoms with Crippen molar-refractivity contribution in [2.24, 2.45) is 5.73 Å². The fraction of sp³-hybridized carbons (Fsp3) is 0.562. The van der Waals surface area contributed by atoms with E-state index in [-0.39, 0.29) is 11.9 Å². The zero-order valence-corrected chi connectivity index (χ0v) is 13.7. The van der Waals surface area contributed by atoms with Gasteiger partial charge in [-0.25, -0.2) is 0 Å². The van der Waals surface area contributed by atoms with E-state index >= 15 is 0 Å². The molecule has 0 radical (unpaired) electrons. The van der Waals surface area contributed by atoms with E-state index in [1.807, 2.05) is 18.2 Å². The molecule has 4 nitrogen and oxygen atoms in total. The molecule has 1 aliphatic heterocycles. The third kappa shape index (κ3) is 4.14. The first-order chi connectivity index (χ1) is 10.1. The van der Waals surface area contributed by atoms with Crippen LogP contribution in [-0.4, -0.2) is 37.9 Å². The Morgan fingerprint density at radius 3 is 2.90 bits per heavy atom. The van der Waals surface area contributed by atoms with Crippen molar-refractivity contribution in [3.8, 4) is 0 Å². The highest BCUT2D eigenvalue weighted by atomic mass is 32.2. The number of anilines is 1. The Balaban J connectivity index is 2.20. The summed E-state index contributed by atoms with van der Waals surface area (Å²) in [5.41, 5.74) is 7.70. The third-order valence-corrected chi connectivity index (χ3v) is 4.68. The molecule has 1 aliphatic rings. The summed E-state index contributed by atoms with van der Waals surface area (Å²) in [6.07, 6.45) is 3.81. The van der Waals surface area contributed by atoms with Crippen LogP contribution in [0.3, 0.4) is 0 Å². The van der Waals surface area contributed by atoms with Gasteiger partial charge in [-0.1, -0.05) is 13.0 Å². The molecule has 2 rings (SSSR count). The second-order valence-corrected chi connectivity index (χ2v) is 6.67. The predicted octanol–water partition coefficient (Wildman–Crippen LogP) is 3.09. The zero-order valence-electron chi connectivity index (χ0n) is 12.9. The van der Waals surface area contributed by atoms with Crippen molar-refractivity contribution in [2.75, 3.05) is 30.9 Å². The quantitative estimate of drug-likeness (QED) is 0.481. The number of benzene rings is 1. The first-order valence-electron chi connectivity index (χ1n) is 7.56. The molecule has 21 heavy (non-hydrogen) atoms. The van der Waals surface area contributed by atoms with Gasteiger partial charge in [0.1, 0.15) is 5.84 Å². The van der Waals surface area contributed by atoms with Crippen LogP contribution in [0.2, 0.25) is 0 Å². The first-order valence-corrected chi connectivity index (χ1v) is 8.55. The number of hydrogen-bond donors (Lipinski definition) is 2. The Kier molecular flexibility index (Phi) is 5.94. The van der Waals surface area contributed by atoms with E-state index < -0.39 is 0 Å². The van der Waals surface area contributed by atoms with Crippen molar-refractivity contribution in [3.05, 3.63) is 23.8 Å². The summed E-state index contributed by atoms with van der Waals surface area (Å²) in [4.78, 5) is 3.26. The second kappa shape index (κ2) is 7.71. The van der Waals surface area contributed by atoms with E-state index in [2.05, 4.69) is 18.9 Å². The normalized spacial score (nSPS) is 18.5. The minimum atomic E-state index is 0.137. The molecule has 116 valence electrons. The summed E-state index contributed by atoms with van der Waals surface area (Å²) in [6.45, 7) is 3.82. The van der Waals surface area contributed by atoms with Crippen molar-refractivity contribution in [1.29, 1.82) is 5.41 Å². The largest absolute Gasteiger partial charge is 0.384 e. The minimum Gasteiger partial charge on any atom is -0.384 e. The molecule has 5 heteroatoms. The van der Waals surface area contributed by atoms with Gasteiger partial charge >= 0.3 is 0 Å². The molecular weight excluding hydrogens is 282 g/mol. The van der Waals surface area contributed by atoms with Crippen molar-refractivity contribution in [1.82, 2.24) is 0 Å². The molecule has 1 saturated heterocycles. The van der Waals surface area contributed by atoms with Crippen LogP contribution in [-0.2, 0) is 4.74 Å². The molecule has 0 bridgehead atoms. The molecule has 1 aromatic carbocycles. The van der Waals surface area contributed by atoms with Crippen LogP contribution in [0.15, 0.2) is 23.1 Å². The molecule has 1 heterocycles. The maximum Gasteiger partial charge on any atom is 0.126 e. The molecule has 3 N–H and O–H groups in total. The van der Waals surface area contributed by atoms with Crippen molar-refractivity contribution >= 4 is 23.3 Å². The number of nitrogens with two attached hydrogens (primary N) is 1. The predicted molar refractivity (Wildman–Crippen MR) is 90.7 cm³/mol. The average molecular weight is 307 g/mol. The van der Waals surface area contributed by atoms with Gasteiger partial charge in [0.25, 0.3) is 0 Å². The molecule has 0 aromatic heterocycles. The molecular formula is C16H25N3OS. The number of likely N-dealkylation sites (N-methyl/N-ethyl adjacent to an activating group) is 1. The van der Waals surface area contributed by atoms with Gasteiger partial charge in [-0.2, -0.15) is 0 Å². The smallest absolute Gasteiger partial charge is 0.126 e. The van der Waals surface area contributed by atoms with E-state index in [9.17, 15) is 0 Å². The highest BCUT2D eigenvalue weighted by Gasteiger charge is 2.19. The number of hydrogen-bond acceptors (Lipinski definition) is 4. The minimum absolute atomic E-state index is 0.137. The molecule has 0 saturated carbocycles. The maximum absolute atomic E-state index is 7.91. The maximum atomic E-state index is 7.91. The van der Waals surface area contributed by atoms with Gasteiger partial charge < -0.3 is 15.4 Å². The summed E-state index contributed by atoms with van der Waals surface area (Å²) in [6, 6.07) is 6.12. The van der Waals surface area contributed by atoms with E-state index in [0.29, 0.717) is 0 Å². The standard InChI is InChI=1S/C16H25N3OS/c1-3-21-14-9-6-8-13(15(14)16(17)18)19(2)11-12-7-4-5-10-20-12/h6,8-9,12H,3-5,7,10-11H2,1-2H3,(H3,17,18). The fourth-order valence-electron chi connectivity index (χ4n) is 2.74. The van der Waals surface area contributed by atoms with Crippen LogP contribution < -0.4 is 10.6 Å². The summed E-state index contributed by atoms with van der Waals surface area (Å²) < 4.78 is 5.82. The average Bonchev–Trinajstić information content (AvgIpc) is 2.48. The van der Waals surface area contributed by atoms with Crippen molar-refractivity contribution < 1.29 is 4.74 Å². The van der Waals surface area contributed by atoms with Crippen molar-refractivity contribution in [3.63, 3.8) is 0 Å². The number of nitrogens with one attached hydrogen (secondary N) is 1. The van der Waals surface area contributed by atoms with Gasteiger partial charge in [-0.05, 0) is 37.1 Å². The molecule has 1 atom stereocenters.